The van der Waals surface area contributed by atoms with Crippen LogP contribution in [0.5, 0.6) is 0 Å². The second-order valence-corrected chi connectivity index (χ2v) is 3.07. The molecule has 72 valence electrons. The average molecular weight is 192 g/mol. The smallest absolute Gasteiger partial charge is 0.189 e. The molecular weight excluding hydrogens is 183 g/mol. The van der Waals surface area contributed by atoms with Crippen molar-refractivity contribution in [1.29, 1.82) is 0 Å². The van der Waals surface area contributed by atoms with Crippen LogP contribution in [0.15, 0.2) is 28.9 Å². The Morgan fingerprint density at radius 3 is 2.79 bits per heavy atom. The fraction of sp³-hybridized carbons (Fsp3) is 0.100. The minimum absolute atomic E-state index is 0.244. The van der Waals surface area contributed by atoms with E-state index >= 15 is 0 Å². The van der Waals surface area contributed by atoms with Crippen LogP contribution in [0.2, 0.25) is 0 Å². The first-order valence-corrected chi connectivity index (χ1v) is 4.15. The fourth-order valence-corrected chi connectivity index (χ4v) is 1.25. The van der Waals surface area contributed by atoms with Crippen molar-refractivity contribution >= 4 is 5.69 Å². The highest BCUT2D eigenvalue weighted by Crippen LogP contribution is 2.26. The van der Waals surface area contributed by atoms with Crippen LogP contribution < -0.4 is 5.73 Å². The third kappa shape index (κ3) is 1.35. The zero-order valence-corrected chi connectivity index (χ0v) is 7.62. The molecule has 0 aliphatic heterocycles. The monoisotopic (exact) mass is 192 g/mol. The number of anilines is 1. The molecule has 0 fully saturated rings. The molecule has 2 aromatic rings. The summed E-state index contributed by atoms with van der Waals surface area (Å²) in [5, 5.41) is 3.56. The summed E-state index contributed by atoms with van der Waals surface area (Å²) in [4.78, 5) is 0. The number of aromatic nitrogens is 1. The van der Waals surface area contributed by atoms with Crippen LogP contribution in [-0.4, -0.2) is 5.16 Å². The molecule has 0 bridgehead atoms. The summed E-state index contributed by atoms with van der Waals surface area (Å²) in [6.07, 6.45) is 1.42. The molecule has 0 aliphatic rings. The third-order valence-corrected chi connectivity index (χ3v) is 2.02. The molecule has 1 heterocycles. The molecular formula is C10H9FN2O. The molecule has 2 rings (SSSR count). The standard InChI is InChI=1S/C10H9FN2O/c1-6-4-7(2-3-8(6)11)10-9(12)5-13-14-10/h2-5H,12H2,1H3. The number of nitrogens with zero attached hydrogens (tertiary/aromatic N) is 1. The van der Waals surface area contributed by atoms with Gasteiger partial charge in [-0.2, -0.15) is 0 Å². The number of nitrogen functional groups attached to an aromatic ring is 1. The van der Waals surface area contributed by atoms with Gasteiger partial charge in [-0.05, 0) is 30.7 Å². The fourth-order valence-electron chi connectivity index (χ4n) is 1.25. The van der Waals surface area contributed by atoms with Crippen LogP contribution in [0.1, 0.15) is 5.56 Å². The van der Waals surface area contributed by atoms with Crippen molar-refractivity contribution in [1.82, 2.24) is 5.16 Å². The van der Waals surface area contributed by atoms with Crippen molar-refractivity contribution in [3.8, 4) is 11.3 Å². The maximum absolute atomic E-state index is 13.0. The summed E-state index contributed by atoms with van der Waals surface area (Å²) >= 11 is 0. The summed E-state index contributed by atoms with van der Waals surface area (Å²) in [6.45, 7) is 1.69. The molecule has 0 aliphatic carbocycles. The SMILES string of the molecule is Cc1cc(-c2oncc2N)ccc1F. The second kappa shape index (κ2) is 3.14. The second-order valence-electron chi connectivity index (χ2n) is 3.07. The molecule has 0 unspecified atom stereocenters. The van der Waals surface area contributed by atoms with E-state index in [2.05, 4.69) is 5.16 Å². The third-order valence-electron chi connectivity index (χ3n) is 2.02. The van der Waals surface area contributed by atoms with Crippen molar-refractivity contribution in [2.45, 2.75) is 6.92 Å². The molecule has 0 saturated heterocycles. The van der Waals surface area contributed by atoms with Gasteiger partial charge in [-0.15, -0.1) is 0 Å². The Kier molecular flexibility index (Phi) is 1.96. The van der Waals surface area contributed by atoms with E-state index in [0.717, 1.165) is 5.56 Å². The van der Waals surface area contributed by atoms with Crippen LogP contribution in [0.25, 0.3) is 11.3 Å². The van der Waals surface area contributed by atoms with Gasteiger partial charge in [0.1, 0.15) is 11.5 Å². The van der Waals surface area contributed by atoms with E-state index in [9.17, 15) is 4.39 Å². The molecule has 2 N–H and O–H groups in total. The topological polar surface area (TPSA) is 52.0 Å². The lowest BCUT2D eigenvalue weighted by Crippen LogP contribution is -1.87. The van der Waals surface area contributed by atoms with Crippen molar-refractivity contribution in [3.63, 3.8) is 0 Å². The summed E-state index contributed by atoms with van der Waals surface area (Å²) in [5.41, 5.74) is 7.35. The molecule has 3 nitrogen and oxygen atoms in total. The molecule has 0 amide bonds. The molecule has 1 aromatic carbocycles. The van der Waals surface area contributed by atoms with Gasteiger partial charge in [-0.1, -0.05) is 5.16 Å². The van der Waals surface area contributed by atoms with Gasteiger partial charge < -0.3 is 10.3 Å². The van der Waals surface area contributed by atoms with E-state index in [-0.39, 0.29) is 5.82 Å². The molecule has 0 spiro atoms. The predicted molar refractivity (Wildman–Crippen MR) is 51.0 cm³/mol. The number of benzene rings is 1. The highest BCUT2D eigenvalue weighted by Gasteiger charge is 2.08. The van der Waals surface area contributed by atoms with Gasteiger partial charge >= 0.3 is 0 Å². The zero-order valence-electron chi connectivity index (χ0n) is 7.62. The number of halogens is 1. The minimum Gasteiger partial charge on any atom is -0.394 e. The lowest BCUT2D eigenvalue weighted by atomic mass is 10.1. The van der Waals surface area contributed by atoms with E-state index in [0.29, 0.717) is 17.0 Å². The summed E-state index contributed by atoms with van der Waals surface area (Å²) in [5.74, 6) is 0.236. The van der Waals surface area contributed by atoms with Gasteiger partial charge in [-0.3, -0.25) is 0 Å². The largest absolute Gasteiger partial charge is 0.394 e. The molecule has 14 heavy (non-hydrogen) atoms. The molecule has 0 saturated carbocycles. The highest BCUT2D eigenvalue weighted by atomic mass is 19.1. The van der Waals surface area contributed by atoms with E-state index in [1.54, 1.807) is 19.1 Å². The molecule has 1 aromatic heterocycles. The average Bonchev–Trinajstić information content (AvgIpc) is 2.57. The first kappa shape index (κ1) is 8.74. The maximum atomic E-state index is 13.0. The summed E-state index contributed by atoms with van der Waals surface area (Å²) in [7, 11) is 0. The van der Waals surface area contributed by atoms with E-state index < -0.39 is 0 Å². The maximum Gasteiger partial charge on any atom is 0.189 e. The van der Waals surface area contributed by atoms with Gasteiger partial charge in [0.15, 0.2) is 5.76 Å². The van der Waals surface area contributed by atoms with Crippen LogP contribution in [-0.2, 0) is 0 Å². The highest BCUT2D eigenvalue weighted by molar-refractivity contribution is 5.70. The van der Waals surface area contributed by atoms with Gasteiger partial charge in [0.05, 0.1) is 6.20 Å². The zero-order chi connectivity index (χ0) is 10.1. The lowest BCUT2D eigenvalue weighted by Gasteiger charge is -2.00. The number of hydrogen-bond acceptors (Lipinski definition) is 3. The van der Waals surface area contributed by atoms with Crippen molar-refractivity contribution in [2.24, 2.45) is 0 Å². The molecule has 0 radical (unpaired) electrons. The van der Waals surface area contributed by atoms with Crippen molar-refractivity contribution in [2.75, 3.05) is 5.73 Å². The van der Waals surface area contributed by atoms with Gasteiger partial charge in [0, 0.05) is 5.56 Å². The van der Waals surface area contributed by atoms with Gasteiger partial charge in [-0.25, -0.2) is 4.39 Å². The van der Waals surface area contributed by atoms with Gasteiger partial charge in [0.25, 0.3) is 0 Å². The minimum atomic E-state index is -0.244. The van der Waals surface area contributed by atoms with E-state index in [4.69, 9.17) is 10.3 Å². The van der Waals surface area contributed by atoms with E-state index in [1.807, 2.05) is 0 Å². The summed E-state index contributed by atoms with van der Waals surface area (Å²) < 4.78 is 17.9. The van der Waals surface area contributed by atoms with E-state index in [1.165, 1.54) is 12.3 Å². The molecule has 4 heteroatoms. The van der Waals surface area contributed by atoms with Crippen molar-refractivity contribution < 1.29 is 8.91 Å². The quantitative estimate of drug-likeness (QED) is 0.754. The Hall–Kier alpha value is -1.84. The Morgan fingerprint density at radius 2 is 2.21 bits per heavy atom. The predicted octanol–water partition coefficient (Wildman–Crippen LogP) is 2.37. The lowest BCUT2D eigenvalue weighted by molar-refractivity contribution is 0.432. The molecule has 0 atom stereocenters. The van der Waals surface area contributed by atoms with Crippen molar-refractivity contribution in [3.05, 3.63) is 35.8 Å². The Balaban J connectivity index is 2.53. The summed E-state index contributed by atoms with van der Waals surface area (Å²) in [6, 6.07) is 4.66. The first-order valence-electron chi connectivity index (χ1n) is 4.15. The first-order chi connectivity index (χ1) is 6.68. The number of rotatable bonds is 1. The van der Waals surface area contributed by atoms with Crippen LogP contribution in [0.4, 0.5) is 10.1 Å². The Bertz CT molecular complexity index is 465. The van der Waals surface area contributed by atoms with Gasteiger partial charge in [0.2, 0.25) is 0 Å². The number of aryl methyl sites for hydroxylation is 1. The number of nitrogens with two attached hydrogens (primary N) is 1. The Labute approximate surface area is 80.3 Å². The number of hydrogen-bond donors (Lipinski definition) is 1. The van der Waals surface area contributed by atoms with Crippen LogP contribution in [0.3, 0.4) is 0 Å². The van der Waals surface area contributed by atoms with Crippen LogP contribution >= 0.6 is 0 Å². The normalized spacial score (nSPS) is 10.4. The Morgan fingerprint density at radius 1 is 1.43 bits per heavy atom. The van der Waals surface area contributed by atoms with Crippen LogP contribution in [0, 0.1) is 12.7 Å².